The van der Waals surface area contributed by atoms with Crippen molar-refractivity contribution in [1.29, 1.82) is 5.41 Å². The number of methoxy groups -OCH3 is 1. The molecule has 0 bridgehead atoms. The Balaban J connectivity index is 1.53. The minimum atomic E-state index is -4.43. The lowest BCUT2D eigenvalue weighted by atomic mass is 10.1. The zero-order valence-corrected chi connectivity index (χ0v) is 17.2. The number of hydrogen-bond donors (Lipinski definition) is 2. The van der Waals surface area contributed by atoms with Crippen LogP contribution < -0.4 is 4.74 Å². The molecule has 0 saturated heterocycles. The maximum Gasteiger partial charge on any atom is 0.416 e. The van der Waals surface area contributed by atoms with Gasteiger partial charge in [0.05, 0.1) is 30.5 Å². The second-order valence-electron chi connectivity index (χ2n) is 6.99. The Morgan fingerprint density at radius 1 is 1.19 bits per heavy atom. The molecule has 0 saturated carbocycles. The second-order valence-corrected chi connectivity index (χ2v) is 7.85. The molecule has 1 aliphatic heterocycles. The van der Waals surface area contributed by atoms with Crippen LogP contribution in [0.1, 0.15) is 16.1 Å². The first-order chi connectivity index (χ1) is 14.8. The average Bonchev–Trinajstić information content (AvgIpc) is 3.32. The largest absolute Gasteiger partial charge is 0.510 e. The Labute approximate surface area is 180 Å². The van der Waals surface area contributed by atoms with E-state index in [1.807, 2.05) is 29.6 Å². The lowest BCUT2D eigenvalue weighted by Gasteiger charge is -2.19. The van der Waals surface area contributed by atoms with Gasteiger partial charge in [-0.25, -0.2) is 4.98 Å². The summed E-state index contributed by atoms with van der Waals surface area (Å²) in [6.07, 6.45) is -4.43. The molecule has 2 aromatic carbocycles. The molecule has 2 N–H and O–H groups in total. The maximum absolute atomic E-state index is 13.0. The number of ether oxygens (including phenoxy) is 1. The summed E-state index contributed by atoms with van der Waals surface area (Å²) in [6.45, 7) is 0.120. The molecule has 3 aromatic rings. The van der Waals surface area contributed by atoms with Gasteiger partial charge < -0.3 is 14.7 Å². The fourth-order valence-electron chi connectivity index (χ4n) is 3.34. The number of aliphatic hydroxyl groups is 1. The summed E-state index contributed by atoms with van der Waals surface area (Å²) in [4.78, 5) is 6.07. The van der Waals surface area contributed by atoms with Crippen LogP contribution in [0.4, 0.5) is 13.2 Å². The topological polar surface area (TPSA) is 69.4 Å². The lowest BCUT2D eigenvalue weighted by Crippen LogP contribution is -2.26. The van der Waals surface area contributed by atoms with E-state index >= 15 is 0 Å². The smallest absolute Gasteiger partial charge is 0.416 e. The summed E-state index contributed by atoms with van der Waals surface area (Å²) in [6, 6.07) is 12.4. The molecule has 0 unspecified atom stereocenters. The molecule has 1 aliphatic rings. The molecule has 5 nitrogen and oxygen atoms in total. The van der Waals surface area contributed by atoms with Gasteiger partial charge in [-0.15, -0.1) is 11.3 Å². The average molecular weight is 445 g/mol. The number of nitrogens with zero attached hydrogens (tertiary/aromatic N) is 2. The van der Waals surface area contributed by atoms with E-state index in [0.29, 0.717) is 21.8 Å². The summed E-state index contributed by atoms with van der Waals surface area (Å²) in [5, 5.41) is 21.2. The van der Waals surface area contributed by atoms with E-state index in [0.717, 1.165) is 23.4 Å². The van der Waals surface area contributed by atoms with Gasteiger partial charge in [0, 0.05) is 17.5 Å². The summed E-state index contributed by atoms with van der Waals surface area (Å²) >= 11 is 1.30. The van der Waals surface area contributed by atoms with Crippen LogP contribution in [0.25, 0.3) is 16.8 Å². The molecular formula is C22H18F3N3O2S. The van der Waals surface area contributed by atoms with Crippen molar-refractivity contribution < 1.29 is 23.0 Å². The lowest BCUT2D eigenvalue weighted by molar-refractivity contribution is -0.137. The standard InChI is InChI=1S/C22H18F3N3O2S/c1-30-16-7-5-14(6-8-16)17-12-31-21(27-17)19-18(29)11-28(20(19)26)10-13-3-2-4-15(9-13)22(23,24)25/h2-9,12,26,29H,10-11H2,1H3. The summed E-state index contributed by atoms with van der Waals surface area (Å²) < 4.78 is 44.1. The molecule has 0 fully saturated rings. The van der Waals surface area contributed by atoms with Crippen LogP contribution in [0, 0.1) is 5.41 Å². The van der Waals surface area contributed by atoms with Gasteiger partial charge in [-0.05, 0) is 42.0 Å². The van der Waals surface area contributed by atoms with E-state index in [1.165, 1.54) is 22.3 Å². The summed E-state index contributed by atoms with van der Waals surface area (Å²) in [5.41, 5.74) is 1.54. The Hall–Kier alpha value is -3.33. The Bertz CT molecular complexity index is 1150. The van der Waals surface area contributed by atoms with Crippen molar-refractivity contribution in [3.05, 3.63) is 75.8 Å². The number of aliphatic hydroxyl groups excluding tert-OH is 1. The third kappa shape index (κ3) is 4.27. The van der Waals surface area contributed by atoms with Crippen molar-refractivity contribution in [3.63, 3.8) is 0 Å². The minimum Gasteiger partial charge on any atom is -0.510 e. The van der Waals surface area contributed by atoms with Gasteiger partial charge >= 0.3 is 6.18 Å². The zero-order valence-electron chi connectivity index (χ0n) is 16.4. The van der Waals surface area contributed by atoms with Crippen molar-refractivity contribution >= 4 is 22.7 Å². The number of hydrogen-bond acceptors (Lipinski definition) is 5. The van der Waals surface area contributed by atoms with Crippen LogP contribution in [0.15, 0.2) is 59.7 Å². The Morgan fingerprint density at radius 2 is 1.94 bits per heavy atom. The van der Waals surface area contributed by atoms with Crippen molar-refractivity contribution in [2.24, 2.45) is 0 Å². The summed E-state index contributed by atoms with van der Waals surface area (Å²) in [7, 11) is 1.59. The number of rotatable bonds is 5. The fourth-order valence-corrected chi connectivity index (χ4v) is 4.24. The molecule has 160 valence electrons. The fraction of sp³-hybridized carbons (Fsp3) is 0.182. The molecule has 0 amide bonds. The van der Waals surface area contributed by atoms with Gasteiger partial charge in [-0.3, -0.25) is 5.41 Å². The van der Waals surface area contributed by atoms with Crippen LogP contribution in [0.3, 0.4) is 0 Å². The highest BCUT2D eigenvalue weighted by atomic mass is 32.1. The predicted molar refractivity (Wildman–Crippen MR) is 113 cm³/mol. The van der Waals surface area contributed by atoms with Crippen molar-refractivity contribution in [3.8, 4) is 17.0 Å². The van der Waals surface area contributed by atoms with Gasteiger partial charge in [0.15, 0.2) is 0 Å². The number of amidine groups is 1. The number of aromatic nitrogens is 1. The van der Waals surface area contributed by atoms with Crippen molar-refractivity contribution in [1.82, 2.24) is 9.88 Å². The zero-order chi connectivity index (χ0) is 22.2. The molecule has 4 rings (SSSR count). The monoisotopic (exact) mass is 445 g/mol. The molecule has 0 radical (unpaired) electrons. The number of nitrogens with one attached hydrogen (secondary N) is 1. The van der Waals surface area contributed by atoms with Gasteiger partial charge in [0.25, 0.3) is 0 Å². The molecule has 9 heteroatoms. The molecule has 0 atom stereocenters. The highest BCUT2D eigenvalue weighted by Gasteiger charge is 2.32. The van der Waals surface area contributed by atoms with Gasteiger partial charge in [-0.1, -0.05) is 12.1 Å². The highest BCUT2D eigenvalue weighted by molar-refractivity contribution is 7.11. The van der Waals surface area contributed by atoms with Gasteiger partial charge in [0.1, 0.15) is 22.4 Å². The predicted octanol–water partition coefficient (Wildman–Crippen LogP) is 5.60. The van der Waals surface area contributed by atoms with Crippen LogP contribution >= 0.6 is 11.3 Å². The van der Waals surface area contributed by atoms with E-state index in [-0.39, 0.29) is 24.7 Å². The molecular weight excluding hydrogens is 427 g/mol. The van der Waals surface area contributed by atoms with Gasteiger partial charge in [-0.2, -0.15) is 13.2 Å². The highest BCUT2D eigenvalue weighted by Crippen LogP contribution is 2.34. The number of benzene rings is 2. The van der Waals surface area contributed by atoms with E-state index in [1.54, 1.807) is 13.2 Å². The van der Waals surface area contributed by atoms with E-state index in [9.17, 15) is 18.3 Å². The minimum absolute atomic E-state index is 0.0207. The first-order valence-electron chi connectivity index (χ1n) is 9.28. The number of alkyl halides is 3. The molecule has 2 heterocycles. The number of halogens is 3. The molecule has 31 heavy (non-hydrogen) atoms. The molecule has 0 aliphatic carbocycles. The molecule has 1 aromatic heterocycles. The third-order valence-electron chi connectivity index (χ3n) is 4.91. The summed E-state index contributed by atoms with van der Waals surface area (Å²) in [5.74, 6) is 0.737. The third-order valence-corrected chi connectivity index (χ3v) is 5.77. The number of thiazole rings is 1. The van der Waals surface area contributed by atoms with Crippen LogP contribution in [0.2, 0.25) is 0 Å². The second kappa shape index (κ2) is 8.07. The Kier molecular flexibility index (Phi) is 5.45. The van der Waals surface area contributed by atoms with Crippen LogP contribution in [-0.2, 0) is 12.7 Å². The van der Waals surface area contributed by atoms with Crippen molar-refractivity contribution in [2.75, 3.05) is 13.7 Å². The SMILES string of the molecule is COc1ccc(-c2csc(C3=C(O)CN(Cc4cccc(C(F)(F)F)c4)C3=N)n2)cc1. The quantitative estimate of drug-likeness (QED) is 0.536. The van der Waals surface area contributed by atoms with Crippen molar-refractivity contribution in [2.45, 2.75) is 12.7 Å². The van der Waals surface area contributed by atoms with Crippen LogP contribution in [0.5, 0.6) is 5.75 Å². The molecule has 0 spiro atoms. The van der Waals surface area contributed by atoms with E-state index in [2.05, 4.69) is 4.98 Å². The van der Waals surface area contributed by atoms with E-state index in [4.69, 9.17) is 10.1 Å². The Morgan fingerprint density at radius 3 is 2.61 bits per heavy atom. The normalized spacial score (nSPS) is 14.5. The van der Waals surface area contributed by atoms with Crippen LogP contribution in [-0.4, -0.2) is 34.5 Å². The van der Waals surface area contributed by atoms with Gasteiger partial charge in [0.2, 0.25) is 0 Å². The van der Waals surface area contributed by atoms with E-state index < -0.39 is 11.7 Å². The maximum atomic E-state index is 13.0. The first-order valence-corrected chi connectivity index (χ1v) is 10.2. The first kappa shape index (κ1) is 20.9.